The third-order valence-electron chi connectivity index (χ3n) is 1.44. The molecule has 4 nitrogen and oxygen atoms in total. The maximum absolute atomic E-state index is 12.8. The largest absolute Gasteiger partial charge is 0.573 e. The van der Waals surface area contributed by atoms with Crippen LogP contribution in [0.5, 0.6) is 5.75 Å². The molecule has 16 heavy (non-hydrogen) atoms. The maximum Gasteiger partial charge on any atom is 0.573 e. The number of carbonyl (C=O) groups is 1. The minimum absolute atomic E-state index is 0.438. The summed E-state index contributed by atoms with van der Waals surface area (Å²) in [6.45, 7) is 0. The summed E-state index contributed by atoms with van der Waals surface area (Å²) in [5, 5.41) is 0. The van der Waals surface area contributed by atoms with Gasteiger partial charge in [0.05, 0.1) is 13.3 Å². The number of nitrogens with zero attached hydrogens (tertiary/aromatic N) is 1. The number of halogens is 4. The lowest BCUT2D eigenvalue weighted by atomic mass is 10.3. The average molecular weight is 239 g/mol. The summed E-state index contributed by atoms with van der Waals surface area (Å²) in [6.07, 6.45) is -4.61. The lowest BCUT2D eigenvalue weighted by molar-refractivity contribution is -0.275. The van der Waals surface area contributed by atoms with Crippen molar-refractivity contribution in [2.75, 3.05) is 7.11 Å². The molecule has 0 aliphatic rings. The molecule has 1 rings (SSSR count). The molecule has 0 atom stereocenters. The monoisotopic (exact) mass is 239 g/mol. The van der Waals surface area contributed by atoms with Crippen LogP contribution in [0.15, 0.2) is 12.3 Å². The molecule has 0 fully saturated rings. The van der Waals surface area contributed by atoms with E-state index in [-0.39, 0.29) is 0 Å². The van der Waals surface area contributed by atoms with Crippen LogP contribution in [0.25, 0.3) is 0 Å². The second kappa shape index (κ2) is 4.33. The molecule has 0 radical (unpaired) electrons. The van der Waals surface area contributed by atoms with Crippen LogP contribution in [0.4, 0.5) is 17.6 Å². The van der Waals surface area contributed by atoms with Gasteiger partial charge in [-0.3, -0.25) is 0 Å². The summed E-state index contributed by atoms with van der Waals surface area (Å²) in [5.41, 5.74) is -0.483. The molecule has 0 unspecified atom stereocenters. The summed E-state index contributed by atoms with van der Waals surface area (Å²) in [6, 6.07) is 0.509. The highest BCUT2D eigenvalue weighted by molar-refractivity contribution is 5.87. The second-order valence-electron chi connectivity index (χ2n) is 2.54. The van der Waals surface area contributed by atoms with Gasteiger partial charge in [-0.2, -0.15) is 0 Å². The highest BCUT2D eigenvalue weighted by atomic mass is 19.4. The molecule has 0 aliphatic carbocycles. The Morgan fingerprint density at radius 3 is 2.56 bits per heavy atom. The summed E-state index contributed by atoms with van der Waals surface area (Å²) in [7, 11) is 1.01. The number of ether oxygens (including phenoxy) is 2. The SMILES string of the molecule is COC(=O)c1cc(OC(F)(F)F)c(F)cn1. The molecule has 0 N–H and O–H groups in total. The predicted molar refractivity (Wildman–Crippen MR) is 42.2 cm³/mol. The van der Waals surface area contributed by atoms with Gasteiger partial charge in [-0.1, -0.05) is 0 Å². The molecule has 1 aromatic rings. The van der Waals surface area contributed by atoms with E-state index in [1.807, 2.05) is 0 Å². The van der Waals surface area contributed by atoms with Gasteiger partial charge in [0.15, 0.2) is 17.3 Å². The van der Waals surface area contributed by atoms with Crippen molar-refractivity contribution in [2.45, 2.75) is 6.36 Å². The van der Waals surface area contributed by atoms with Gasteiger partial charge < -0.3 is 9.47 Å². The minimum Gasteiger partial charge on any atom is -0.464 e. The van der Waals surface area contributed by atoms with Crippen LogP contribution in [0.3, 0.4) is 0 Å². The molecule has 8 heteroatoms. The van der Waals surface area contributed by atoms with E-state index in [0.29, 0.717) is 12.3 Å². The normalized spacial score (nSPS) is 11.1. The Morgan fingerprint density at radius 1 is 1.44 bits per heavy atom. The van der Waals surface area contributed by atoms with E-state index in [2.05, 4.69) is 14.5 Å². The molecular weight excluding hydrogens is 234 g/mol. The number of alkyl halides is 3. The minimum atomic E-state index is -5.05. The van der Waals surface area contributed by atoms with E-state index >= 15 is 0 Å². The molecule has 0 bridgehead atoms. The fourth-order valence-corrected chi connectivity index (χ4v) is 0.839. The van der Waals surface area contributed by atoms with Crippen molar-refractivity contribution in [2.24, 2.45) is 0 Å². The van der Waals surface area contributed by atoms with E-state index in [1.165, 1.54) is 0 Å². The topological polar surface area (TPSA) is 48.4 Å². The molecular formula is C8H5F4NO3. The fourth-order valence-electron chi connectivity index (χ4n) is 0.839. The Labute approximate surface area is 86.8 Å². The van der Waals surface area contributed by atoms with Crippen molar-refractivity contribution in [3.8, 4) is 5.75 Å². The third kappa shape index (κ3) is 3.07. The molecule has 0 aliphatic heterocycles. The van der Waals surface area contributed by atoms with Gasteiger partial charge in [0.1, 0.15) is 0 Å². The number of pyridine rings is 1. The maximum atomic E-state index is 12.8. The van der Waals surface area contributed by atoms with Crippen molar-refractivity contribution in [3.63, 3.8) is 0 Å². The number of esters is 1. The van der Waals surface area contributed by atoms with E-state index in [0.717, 1.165) is 7.11 Å². The van der Waals surface area contributed by atoms with Gasteiger partial charge in [-0.25, -0.2) is 14.2 Å². The van der Waals surface area contributed by atoms with Crippen molar-refractivity contribution >= 4 is 5.97 Å². The van der Waals surface area contributed by atoms with Crippen LogP contribution in [-0.4, -0.2) is 24.4 Å². The van der Waals surface area contributed by atoms with Crippen molar-refractivity contribution in [1.82, 2.24) is 4.98 Å². The Hall–Kier alpha value is -1.86. The first-order valence-electron chi connectivity index (χ1n) is 3.83. The first-order chi connectivity index (χ1) is 7.33. The standard InChI is InChI=1S/C8H5F4NO3/c1-15-7(14)5-2-6(4(9)3-13-5)16-8(10,11)12/h2-3H,1H3. The third-order valence-corrected chi connectivity index (χ3v) is 1.44. The van der Waals surface area contributed by atoms with Gasteiger partial charge in [0, 0.05) is 6.07 Å². The van der Waals surface area contributed by atoms with Crippen LogP contribution in [0.2, 0.25) is 0 Å². The smallest absolute Gasteiger partial charge is 0.464 e. The Kier molecular flexibility index (Phi) is 3.31. The number of rotatable bonds is 2. The Morgan fingerprint density at radius 2 is 2.06 bits per heavy atom. The first-order valence-corrected chi connectivity index (χ1v) is 3.83. The number of aromatic nitrogens is 1. The molecule has 0 amide bonds. The molecule has 88 valence electrons. The zero-order valence-corrected chi connectivity index (χ0v) is 7.84. The zero-order chi connectivity index (χ0) is 12.3. The zero-order valence-electron chi connectivity index (χ0n) is 7.84. The van der Waals surface area contributed by atoms with Crippen molar-refractivity contribution < 1.29 is 31.8 Å². The average Bonchev–Trinajstić information content (AvgIpc) is 2.18. The summed E-state index contributed by atoms with van der Waals surface area (Å²) >= 11 is 0. The van der Waals surface area contributed by atoms with Gasteiger partial charge in [0.25, 0.3) is 0 Å². The Balaban J connectivity index is 3.04. The van der Waals surface area contributed by atoms with Crippen molar-refractivity contribution in [1.29, 1.82) is 0 Å². The number of methoxy groups -OCH3 is 1. The molecule has 0 saturated carbocycles. The number of hydrogen-bond acceptors (Lipinski definition) is 4. The van der Waals surface area contributed by atoms with Crippen LogP contribution in [-0.2, 0) is 4.74 Å². The fraction of sp³-hybridized carbons (Fsp3) is 0.250. The van der Waals surface area contributed by atoms with Crippen LogP contribution in [0, 0.1) is 5.82 Å². The first kappa shape index (κ1) is 12.2. The van der Waals surface area contributed by atoms with E-state index in [4.69, 9.17) is 0 Å². The highest BCUT2D eigenvalue weighted by Gasteiger charge is 2.33. The van der Waals surface area contributed by atoms with Crippen LogP contribution < -0.4 is 4.74 Å². The van der Waals surface area contributed by atoms with Gasteiger partial charge >= 0.3 is 12.3 Å². The lowest BCUT2D eigenvalue weighted by Gasteiger charge is -2.09. The Bertz CT molecular complexity index is 405. The summed E-state index contributed by atoms with van der Waals surface area (Å²) in [4.78, 5) is 14.1. The van der Waals surface area contributed by atoms with E-state index < -0.39 is 29.6 Å². The van der Waals surface area contributed by atoms with Crippen LogP contribution >= 0.6 is 0 Å². The number of hydrogen-bond donors (Lipinski definition) is 0. The molecule has 1 aromatic heterocycles. The van der Waals surface area contributed by atoms with Gasteiger partial charge in [-0.15, -0.1) is 13.2 Å². The van der Waals surface area contributed by atoms with E-state index in [9.17, 15) is 22.4 Å². The second-order valence-corrected chi connectivity index (χ2v) is 2.54. The number of carbonyl (C=O) groups excluding carboxylic acids is 1. The molecule has 1 heterocycles. The van der Waals surface area contributed by atoms with Crippen LogP contribution in [0.1, 0.15) is 10.5 Å². The predicted octanol–water partition coefficient (Wildman–Crippen LogP) is 1.91. The summed E-state index contributed by atoms with van der Waals surface area (Å²) < 4.78 is 55.8. The van der Waals surface area contributed by atoms with E-state index in [1.54, 1.807) is 0 Å². The van der Waals surface area contributed by atoms with Gasteiger partial charge in [0.2, 0.25) is 0 Å². The summed E-state index contributed by atoms with van der Waals surface area (Å²) in [5.74, 6) is -3.46. The molecule has 0 spiro atoms. The quantitative estimate of drug-likeness (QED) is 0.584. The molecule has 0 saturated heterocycles. The van der Waals surface area contributed by atoms with Crippen molar-refractivity contribution in [3.05, 3.63) is 23.8 Å². The lowest BCUT2D eigenvalue weighted by Crippen LogP contribution is -2.18. The van der Waals surface area contributed by atoms with Gasteiger partial charge in [-0.05, 0) is 0 Å². The highest BCUT2D eigenvalue weighted by Crippen LogP contribution is 2.25. The molecule has 0 aromatic carbocycles.